The van der Waals surface area contributed by atoms with Gasteiger partial charge in [0.15, 0.2) is 0 Å². The lowest BCUT2D eigenvalue weighted by Crippen LogP contribution is -2.32. The molecule has 5 heteroatoms. The largest absolute Gasteiger partial charge is 0.478 e. The molecule has 0 amide bonds. The molecule has 0 saturated heterocycles. The lowest BCUT2D eigenvalue weighted by Gasteiger charge is -2.07. The van der Waals surface area contributed by atoms with Crippen molar-refractivity contribution in [1.29, 1.82) is 0 Å². The van der Waals surface area contributed by atoms with E-state index in [0.717, 1.165) is 22.0 Å². The van der Waals surface area contributed by atoms with E-state index >= 15 is 0 Å². The maximum Gasteiger partial charge on any atom is 0.331 e. The molecule has 1 N–H and O–H groups in total. The Morgan fingerprint density at radius 1 is 1.38 bits per heavy atom. The van der Waals surface area contributed by atoms with Gasteiger partial charge in [0.25, 0.3) is 0 Å². The Balaban J connectivity index is 2.27. The Morgan fingerprint density at radius 2 is 2.25 bits per heavy atom. The average Bonchev–Trinajstić information content (AvgIpc) is 2.76. The highest BCUT2D eigenvalue weighted by molar-refractivity contribution is 5.89. The van der Waals surface area contributed by atoms with Crippen molar-refractivity contribution in [2.45, 2.75) is 6.42 Å². The number of rotatable bonds is 1. The van der Waals surface area contributed by atoms with Crippen LogP contribution in [0.4, 0.5) is 5.69 Å². The maximum atomic E-state index is 10.8. The molecule has 0 aromatic carbocycles. The first kappa shape index (κ1) is 8.96. The molecule has 2 heterocycles. The Hall–Kier alpha value is -2.30. The number of hydrogen-bond donors (Lipinski definition) is 1. The van der Waals surface area contributed by atoms with E-state index in [1.54, 1.807) is 18.3 Å². The molecule has 1 aliphatic carbocycles. The van der Waals surface area contributed by atoms with Crippen molar-refractivity contribution in [3.63, 3.8) is 0 Å². The zero-order chi connectivity index (χ0) is 11.1. The number of fused-ring (bicyclic) bond motifs is 3. The molecular weight excluding hydrogens is 206 g/mol. The lowest BCUT2D eigenvalue weighted by molar-refractivity contribution is -0.132. The fourth-order valence-corrected chi connectivity index (χ4v) is 1.81. The third kappa shape index (κ3) is 1.18. The second-order valence-corrected chi connectivity index (χ2v) is 3.57. The Kier molecular flexibility index (Phi) is 1.73. The summed E-state index contributed by atoms with van der Waals surface area (Å²) in [5, 5.41) is 10.6. The van der Waals surface area contributed by atoms with E-state index in [1.165, 1.54) is 6.34 Å². The van der Waals surface area contributed by atoms with E-state index in [-0.39, 0.29) is 0 Å². The molecule has 1 aromatic rings. The van der Waals surface area contributed by atoms with Gasteiger partial charge in [-0.15, -0.1) is 0 Å². The highest BCUT2D eigenvalue weighted by atomic mass is 16.4. The molecule has 3 rings (SSSR count). The van der Waals surface area contributed by atoms with Gasteiger partial charge in [0.1, 0.15) is 17.4 Å². The van der Waals surface area contributed by atoms with Gasteiger partial charge in [-0.1, -0.05) is 12.2 Å². The number of nitrogens with zero attached hydrogens (tertiary/aromatic N) is 3. The van der Waals surface area contributed by atoms with E-state index in [2.05, 4.69) is 15.0 Å². The maximum absolute atomic E-state index is 10.8. The fraction of sp³-hybridized carbons (Fsp3) is 0.0909. The molecule has 5 nitrogen and oxygen atoms in total. The normalized spacial score (nSPS) is 15.6. The summed E-state index contributed by atoms with van der Waals surface area (Å²) in [6.45, 7) is 0. The number of allylic oxidation sites excluding steroid dienone is 1. The van der Waals surface area contributed by atoms with E-state index in [4.69, 9.17) is 5.11 Å². The topological polar surface area (TPSA) is 74.9 Å². The average molecular weight is 213 g/mol. The molecule has 0 spiro atoms. The number of carbonyl (C=O) groups is 1. The zero-order valence-electron chi connectivity index (χ0n) is 8.21. The number of hydrogen-bond acceptors (Lipinski definition) is 4. The highest BCUT2D eigenvalue weighted by Crippen LogP contribution is 2.10. The molecule has 0 atom stereocenters. The molecule has 0 radical (unpaired) electrons. The minimum Gasteiger partial charge on any atom is -0.478 e. The number of aromatic nitrogens is 1. The van der Waals surface area contributed by atoms with Crippen molar-refractivity contribution >= 4 is 24.1 Å². The number of pyridine rings is 1. The Bertz CT molecular complexity index is 671. The molecule has 1 aromatic heterocycles. The van der Waals surface area contributed by atoms with Crippen molar-refractivity contribution in [2.75, 3.05) is 0 Å². The van der Waals surface area contributed by atoms with E-state index in [1.807, 2.05) is 0 Å². The van der Waals surface area contributed by atoms with Crippen LogP contribution in [0.1, 0.15) is 5.69 Å². The second kappa shape index (κ2) is 3.10. The number of carboxylic acids is 1. The Morgan fingerprint density at radius 3 is 3.06 bits per heavy atom. The first-order valence-corrected chi connectivity index (χ1v) is 4.78. The number of aliphatic carboxylic acids is 1. The molecule has 2 aliphatic rings. The fourth-order valence-electron chi connectivity index (χ4n) is 1.81. The molecule has 0 unspecified atom stereocenters. The van der Waals surface area contributed by atoms with Crippen LogP contribution in [-0.2, 0) is 11.2 Å². The molecule has 16 heavy (non-hydrogen) atoms. The third-order valence-electron chi connectivity index (χ3n) is 2.62. The summed E-state index contributed by atoms with van der Waals surface area (Å²) in [5.74, 6) is -0.905. The first-order chi connectivity index (χ1) is 7.75. The molecule has 78 valence electrons. The minimum atomic E-state index is -0.905. The summed E-state index contributed by atoms with van der Waals surface area (Å²) in [4.78, 5) is 23.2. The summed E-state index contributed by atoms with van der Waals surface area (Å²) in [5.41, 5.74) is 1.83. The first-order valence-electron chi connectivity index (χ1n) is 4.78. The smallest absolute Gasteiger partial charge is 0.331 e. The summed E-state index contributed by atoms with van der Waals surface area (Å²) >= 11 is 0. The van der Waals surface area contributed by atoms with Crippen LogP contribution >= 0.6 is 0 Å². The van der Waals surface area contributed by atoms with Crippen LogP contribution in [-0.4, -0.2) is 22.4 Å². The van der Waals surface area contributed by atoms with Crippen LogP contribution in [0, 0.1) is 0 Å². The number of carboxylic acid groups (broad SMARTS) is 1. The van der Waals surface area contributed by atoms with Crippen molar-refractivity contribution in [1.82, 2.24) is 4.98 Å². The van der Waals surface area contributed by atoms with Gasteiger partial charge in [0.2, 0.25) is 0 Å². The monoisotopic (exact) mass is 213 g/mol. The van der Waals surface area contributed by atoms with Crippen LogP contribution in [0.3, 0.4) is 0 Å². The van der Waals surface area contributed by atoms with Crippen molar-refractivity contribution < 1.29 is 9.90 Å². The SMILES string of the molecule is O=C(O)C1=CC=c2c(ncc3c2=NC=N3)C1. The standard InChI is InChI=1S/C11H7N3O2/c15-11(16)6-1-2-7-8(3-6)12-4-9-10(7)14-5-13-9/h1-2,4-5H,3H2,(H,15,16). The molecule has 0 bridgehead atoms. The highest BCUT2D eigenvalue weighted by Gasteiger charge is 2.15. The second-order valence-electron chi connectivity index (χ2n) is 3.57. The lowest BCUT2D eigenvalue weighted by atomic mass is 10.0. The van der Waals surface area contributed by atoms with Gasteiger partial charge in [-0.3, -0.25) is 4.98 Å². The van der Waals surface area contributed by atoms with Gasteiger partial charge in [0, 0.05) is 17.2 Å². The summed E-state index contributed by atoms with van der Waals surface area (Å²) in [7, 11) is 0. The summed E-state index contributed by atoms with van der Waals surface area (Å²) in [6, 6.07) is 0. The molecule has 0 saturated carbocycles. The van der Waals surface area contributed by atoms with Gasteiger partial charge >= 0.3 is 5.97 Å². The van der Waals surface area contributed by atoms with Crippen LogP contribution in [0.15, 0.2) is 27.8 Å². The van der Waals surface area contributed by atoms with Gasteiger partial charge in [-0.05, 0) is 0 Å². The van der Waals surface area contributed by atoms with Crippen molar-refractivity contribution in [3.05, 3.63) is 34.1 Å². The zero-order valence-corrected chi connectivity index (χ0v) is 8.21. The van der Waals surface area contributed by atoms with Gasteiger partial charge in [-0.25, -0.2) is 14.8 Å². The van der Waals surface area contributed by atoms with Gasteiger partial charge in [-0.2, -0.15) is 0 Å². The van der Waals surface area contributed by atoms with Crippen LogP contribution in [0.2, 0.25) is 0 Å². The van der Waals surface area contributed by atoms with Crippen molar-refractivity contribution in [3.8, 4) is 0 Å². The van der Waals surface area contributed by atoms with Gasteiger partial charge < -0.3 is 5.11 Å². The molecule has 0 fully saturated rings. The van der Waals surface area contributed by atoms with Crippen LogP contribution < -0.4 is 10.6 Å². The minimum absolute atomic E-state index is 0.337. The third-order valence-corrected chi connectivity index (χ3v) is 2.62. The van der Waals surface area contributed by atoms with E-state index in [9.17, 15) is 4.79 Å². The van der Waals surface area contributed by atoms with E-state index < -0.39 is 5.97 Å². The summed E-state index contributed by atoms with van der Waals surface area (Å²) in [6.07, 6.45) is 6.79. The number of aliphatic imine (C=N–C) groups is 1. The van der Waals surface area contributed by atoms with Crippen LogP contribution in [0.25, 0.3) is 6.08 Å². The van der Waals surface area contributed by atoms with Crippen molar-refractivity contribution in [2.24, 2.45) is 9.98 Å². The van der Waals surface area contributed by atoms with Crippen LogP contribution in [0.5, 0.6) is 0 Å². The molecular formula is C11H7N3O2. The predicted molar refractivity (Wildman–Crippen MR) is 57.1 cm³/mol. The quantitative estimate of drug-likeness (QED) is 0.697. The summed E-state index contributed by atoms with van der Waals surface area (Å²) < 4.78 is 0. The van der Waals surface area contributed by atoms with E-state index in [0.29, 0.717) is 12.0 Å². The molecule has 1 aliphatic heterocycles. The van der Waals surface area contributed by atoms with Gasteiger partial charge in [0.05, 0.1) is 11.9 Å². The Labute approximate surface area is 90.2 Å². The predicted octanol–water partition coefficient (Wildman–Crippen LogP) is -0.278.